The van der Waals surface area contributed by atoms with Crippen molar-refractivity contribution in [1.82, 2.24) is 9.80 Å². The summed E-state index contributed by atoms with van der Waals surface area (Å²) in [6.07, 6.45) is -3.71. The summed E-state index contributed by atoms with van der Waals surface area (Å²) in [6.45, 7) is 4.03. The van der Waals surface area contributed by atoms with Gasteiger partial charge in [0, 0.05) is 44.7 Å². The molecule has 0 spiro atoms. The molecule has 2 aromatic rings. The fraction of sp³-hybridized carbons (Fsp3) is 0.455. The Hall–Kier alpha value is -1.96. The van der Waals surface area contributed by atoms with Gasteiger partial charge >= 0.3 is 6.18 Å². The number of benzene rings is 2. The van der Waals surface area contributed by atoms with Gasteiger partial charge in [0.1, 0.15) is 5.82 Å². The average Bonchev–Trinajstić information content (AvgIpc) is 3.08. The second-order valence-corrected chi connectivity index (χ2v) is 7.80. The van der Waals surface area contributed by atoms with E-state index in [0.29, 0.717) is 18.5 Å². The first-order valence-corrected chi connectivity index (χ1v) is 9.90. The van der Waals surface area contributed by atoms with Crippen LogP contribution < -0.4 is 0 Å². The van der Waals surface area contributed by atoms with Crippen LogP contribution in [0.3, 0.4) is 0 Å². The fourth-order valence-corrected chi connectivity index (χ4v) is 4.63. The minimum absolute atomic E-state index is 0.0404. The van der Waals surface area contributed by atoms with Crippen molar-refractivity contribution in [3.8, 4) is 0 Å². The highest BCUT2D eigenvalue weighted by Gasteiger charge is 2.39. The van der Waals surface area contributed by atoms with E-state index in [2.05, 4.69) is 9.80 Å². The molecular formula is C22H24F4N2O. The summed E-state index contributed by atoms with van der Waals surface area (Å²) in [5.41, 5.74) is 1.82. The van der Waals surface area contributed by atoms with Crippen molar-refractivity contribution in [3.05, 3.63) is 70.5 Å². The molecule has 2 atom stereocenters. The molecule has 1 aliphatic carbocycles. The van der Waals surface area contributed by atoms with Crippen molar-refractivity contribution in [2.24, 2.45) is 0 Å². The second-order valence-electron chi connectivity index (χ2n) is 7.80. The summed E-state index contributed by atoms with van der Waals surface area (Å²) in [5, 5.41) is 9.12. The van der Waals surface area contributed by atoms with Gasteiger partial charge in [0.05, 0.1) is 12.2 Å². The molecule has 7 heteroatoms. The molecule has 3 nitrogen and oxygen atoms in total. The van der Waals surface area contributed by atoms with E-state index in [9.17, 15) is 17.6 Å². The third kappa shape index (κ3) is 4.17. The van der Waals surface area contributed by atoms with Gasteiger partial charge in [-0.15, -0.1) is 0 Å². The first kappa shape index (κ1) is 20.3. The zero-order valence-electron chi connectivity index (χ0n) is 16.0. The number of rotatable bonds is 4. The van der Waals surface area contributed by atoms with Gasteiger partial charge in [-0.05, 0) is 47.4 Å². The first-order chi connectivity index (χ1) is 13.9. The van der Waals surface area contributed by atoms with Gasteiger partial charge in [-0.2, -0.15) is 13.2 Å². The lowest BCUT2D eigenvalue weighted by Crippen LogP contribution is -2.48. The highest BCUT2D eigenvalue weighted by Crippen LogP contribution is 2.48. The molecule has 4 rings (SSSR count). The molecule has 0 bridgehead atoms. The Morgan fingerprint density at radius 3 is 2.24 bits per heavy atom. The van der Waals surface area contributed by atoms with E-state index in [0.717, 1.165) is 37.3 Å². The van der Waals surface area contributed by atoms with Crippen LogP contribution in [0.1, 0.15) is 40.6 Å². The summed E-state index contributed by atoms with van der Waals surface area (Å²) in [7, 11) is 0. The average molecular weight is 408 g/mol. The quantitative estimate of drug-likeness (QED) is 0.774. The zero-order valence-corrected chi connectivity index (χ0v) is 16.0. The molecular weight excluding hydrogens is 384 g/mol. The number of aliphatic hydroxyl groups is 1. The van der Waals surface area contributed by atoms with Crippen molar-refractivity contribution in [2.45, 2.75) is 24.6 Å². The summed E-state index contributed by atoms with van der Waals surface area (Å²) in [4.78, 5) is 4.51. The van der Waals surface area contributed by atoms with E-state index in [1.54, 1.807) is 18.2 Å². The van der Waals surface area contributed by atoms with Gasteiger partial charge in [-0.3, -0.25) is 9.80 Å². The van der Waals surface area contributed by atoms with E-state index < -0.39 is 11.7 Å². The van der Waals surface area contributed by atoms with Crippen molar-refractivity contribution < 1.29 is 22.7 Å². The van der Waals surface area contributed by atoms with Crippen molar-refractivity contribution in [2.75, 3.05) is 39.3 Å². The van der Waals surface area contributed by atoms with Crippen LogP contribution in [-0.4, -0.2) is 54.2 Å². The molecule has 1 fully saturated rings. The number of alkyl halides is 3. The molecule has 29 heavy (non-hydrogen) atoms. The predicted octanol–water partition coefficient (Wildman–Crippen LogP) is 4.03. The number of halogens is 4. The Kier molecular flexibility index (Phi) is 5.64. The Morgan fingerprint density at radius 1 is 0.931 bits per heavy atom. The summed E-state index contributed by atoms with van der Waals surface area (Å²) in [6, 6.07) is 10.2. The van der Waals surface area contributed by atoms with Crippen molar-refractivity contribution in [1.29, 1.82) is 0 Å². The Balaban J connectivity index is 1.65. The molecule has 0 aromatic heterocycles. The lowest BCUT2D eigenvalue weighted by Gasteiger charge is -2.38. The van der Waals surface area contributed by atoms with Crippen molar-refractivity contribution in [3.63, 3.8) is 0 Å². The summed E-state index contributed by atoms with van der Waals surface area (Å²) >= 11 is 0. The third-order valence-corrected chi connectivity index (χ3v) is 6.14. The van der Waals surface area contributed by atoms with Crippen LogP contribution in [0, 0.1) is 5.82 Å². The SMILES string of the molecule is OCCN1CCN([C@@H]2C[C@@H](c3ccc(F)cc3)c3cc(C(F)(F)F)ccc32)CC1. The molecule has 156 valence electrons. The summed E-state index contributed by atoms with van der Waals surface area (Å²) < 4.78 is 53.3. The molecule has 1 saturated heterocycles. The minimum atomic E-state index is -4.39. The van der Waals surface area contributed by atoms with Crippen molar-refractivity contribution >= 4 is 0 Å². The number of fused-ring (bicyclic) bond motifs is 1. The molecule has 1 N–H and O–H groups in total. The van der Waals surface area contributed by atoms with Gasteiger partial charge in [0.15, 0.2) is 0 Å². The molecule has 0 saturated carbocycles. The predicted molar refractivity (Wildman–Crippen MR) is 102 cm³/mol. The zero-order chi connectivity index (χ0) is 20.6. The minimum Gasteiger partial charge on any atom is -0.395 e. The molecule has 1 heterocycles. The number of piperazine rings is 1. The lowest BCUT2D eigenvalue weighted by atomic mass is 9.92. The monoisotopic (exact) mass is 408 g/mol. The Bertz CT molecular complexity index is 845. The van der Waals surface area contributed by atoms with Crippen LogP contribution in [0.25, 0.3) is 0 Å². The van der Waals surface area contributed by atoms with Gasteiger partial charge in [-0.25, -0.2) is 4.39 Å². The highest BCUT2D eigenvalue weighted by atomic mass is 19.4. The number of β-amino-alcohol motifs (C(OH)–C–C–N with tert-alkyl or cyclic N) is 1. The van der Waals surface area contributed by atoms with Crippen LogP contribution in [0.15, 0.2) is 42.5 Å². The number of hydrogen-bond donors (Lipinski definition) is 1. The van der Waals surface area contributed by atoms with E-state index in [4.69, 9.17) is 5.11 Å². The normalized spacial score (nSPS) is 23.3. The first-order valence-electron chi connectivity index (χ1n) is 9.90. The molecule has 2 aromatic carbocycles. The van der Waals surface area contributed by atoms with E-state index >= 15 is 0 Å². The van der Waals surface area contributed by atoms with Crippen LogP contribution in [0.5, 0.6) is 0 Å². The molecule has 0 amide bonds. The van der Waals surface area contributed by atoms with E-state index in [-0.39, 0.29) is 24.4 Å². The lowest BCUT2D eigenvalue weighted by molar-refractivity contribution is -0.137. The number of hydrogen-bond acceptors (Lipinski definition) is 3. The van der Waals surface area contributed by atoms with E-state index in [1.807, 2.05) is 0 Å². The van der Waals surface area contributed by atoms with Gasteiger partial charge < -0.3 is 5.11 Å². The largest absolute Gasteiger partial charge is 0.416 e. The van der Waals surface area contributed by atoms with Gasteiger partial charge in [0.2, 0.25) is 0 Å². The van der Waals surface area contributed by atoms with Crippen LogP contribution in [0.2, 0.25) is 0 Å². The van der Waals surface area contributed by atoms with Crippen LogP contribution in [-0.2, 0) is 6.18 Å². The van der Waals surface area contributed by atoms with E-state index in [1.165, 1.54) is 24.3 Å². The van der Waals surface area contributed by atoms with Crippen LogP contribution >= 0.6 is 0 Å². The Morgan fingerprint density at radius 2 is 1.62 bits per heavy atom. The fourth-order valence-electron chi connectivity index (χ4n) is 4.63. The maximum atomic E-state index is 13.4. The molecule has 1 aliphatic heterocycles. The number of aliphatic hydroxyl groups excluding tert-OH is 1. The topological polar surface area (TPSA) is 26.7 Å². The summed E-state index contributed by atoms with van der Waals surface area (Å²) in [5.74, 6) is -0.541. The maximum Gasteiger partial charge on any atom is 0.416 e. The van der Waals surface area contributed by atoms with Gasteiger partial charge in [-0.1, -0.05) is 18.2 Å². The van der Waals surface area contributed by atoms with Crippen LogP contribution in [0.4, 0.5) is 17.6 Å². The van der Waals surface area contributed by atoms with Gasteiger partial charge in [0.25, 0.3) is 0 Å². The highest BCUT2D eigenvalue weighted by molar-refractivity contribution is 5.47. The standard InChI is InChI=1S/C22H24F4N2O/c23-17-4-1-15(2-5-17)19-14-21(28-9-7-27(8-10-28)11-12-29)18-6-3-16(13-20(18)19)22(24,25)26/h1-6,13,19,21,29H,7-12,14H2/t19-,21+/m0/s1. The molecule has 0 radical (unpaired) electrons. The second kappa shape index (κ2) is 8.05. The molecule has 2 aliphatic rings. The maximum absolute atomic E-state index is 13.4. The number of nitrogens with zero attached hydrogens (tertiary/aromatic N) is 2. The smallest absolute Gasteiger partial charge is 0.395 e. The Labute approximate surface area is 167 Å². The third-order valence-electron chi connectivity index (χ3n) is 6.14. The molecule has 0 unspecified atom stereocenters.